The minimum Gasteiger partial charge on any atom is -0.466 e. The van der Waals surface area contributed by atoms with Crippen molar-refractivity contribution in [1.82, 2.24) is 19.8 Å². The van der Waals surface area contributed by atoms with E-state index in [4.69, 9.17) is 21.3 Å². The molecular weight excluding hydrogens is 433 g/mol. The predicted octanol–water partition coefficient (Wildman–Crippen LogP) is 4.52. The Kier molecular flexibility index (Phi) is 5.38. The summed E-state index contributed by atoms with van der Waals surface area (Å²) in [5, 5.41) is 9.96. The van der Waals surface area contributed by atoms with Crippen molar-refractivity contribution in [2.45, 2.75) is 19.8 Å². The first kappa shape index (κ1) is 20.6. The first-order chi connectivity index (χ1) is 15.5. The molecule has 4 aromatic rings. The molecule has 9 heteroatoms. The van der Waals surface area contributed by atoms with E-state index >= 15 is 0 Å². The average molecular weight is 454 g/mol. The van der Waals surface area contributed by atoms with Crippen molar-refractivity contribution in [2.24, 2.45) is 5.92 Å². The third-order valence-electron chi connectivity index (χ3n) is 5.72. The summed E-state index contributed by atoms with van der Waals surface area (Å²) in [6.07, 6.45) is 1.62. The zero-order valence-corrected chi connectivity index (χ0v) is 18.2. The molecule has 2 aromatic carbocycles. The average Bonchev–Trinajstić information content (AvgIpc) is 3.23. The van der Waals surface area contributed by atoms with Crippen LogP contribution in [0.3, 0.4) is 0 Å². The normalized spacial score (nSPS) is 16.6. The smallest absolute Gasteiger partial charge is 0.310 e. The van der Waals surface area contributed by atoms with Gasteiger partial charge in [0.15, 0.2) is 5.65 Å². The first-order valence-corrected chi connectivity index (χ1v) is 10.9. The molecule has 0 unspecified atom stereocenters. The topological polar surface area (TPSA) is 72.6 Å². The Bertz CT molecular complexity index is 1320. The number of carbonyl (C=O) groups excluding carboxylic acids is 1. The lowest BCUT2D eigenvalue weighted by atomic mass is 9.98. The van der Waals surface area contributed by atoms with Gasteiger partial charge in [-0.3, -0.25) is 4.79 Å². The van der Waals surface area contributed by atoms with Gasteiger partial charge in [-0.1, -0.05) is 28.9 Å². The molecule has 164 valence electrons. The molecule has 1 atom stereocenters. The minimum absolute atomic E-state index is 0.188. The van der Waals surface area contributed by atoms with Crippen LogP contribution in [0.5, 0.6) is 0 Å². The van der Waals surface area contributed by atoms with Crippen LogP contribution in [-0.2, 0) is 9.53 Å². The molecule has 1 fully saturated rings. The van der Waals surface area contributed by atoms with Crippen molar-refractivity contribution in [3.05, 3.63) is 53.3 Å². The van der Waals surface area contributed by atoms with Gasteiger partial charge in [-0.05, 0) is 50.1 Å². The molecule has 5 rings (SSSR count). The summed E-state index contributed by atoms with van der Waals surface area (Å²) >= 11 is 6.31. The Hall–Kier alpha value is -3.26. The van der Waals surface area contributed by atoms with E-state index in [0.29, 0.717) is 40.9 Å². The second-order valence-electron chi connectivity index (χ2n) is 7.82. The number of anilines is 1. The minimum atomic E-state index is -0.357. The second-order valence-corrected chi connectivity index (χ2v) is 8.25. The van der Waals surface area contributed by atoms with E-state index in [-0.39, 0.29) is 17.7 Å². The molecule has 0 aliphatic carbocycles. The van der Waals surface area contributed by atoms with Crippen LogP contribution < -0.4 is 4.90 Å². The number of hydrogen-bond donors (Lipinski definition) is 0. The van der Waals surface area contributed by atoms with Gasteiger partial charge in [-0.25, -0.2) is 9.37 Å². The van der Waals surface area contributed by atoms with E-state index in [1.807, 2.05) is 19.1 Å². The van der Waals surface area contributed by atoms with Gasteiger partial charge in [0.25, 0.3) is 0 Å². The van der Waals surface area contributed by atoms with Gasteiger partial charge >= 0.3 is 5.97 Å². The van der Waals surface area contributed by atoms with Crippen LogP contribution in [0.2, 0.25) is 5.02 Å². The first-order valence-electron chi connectivity index (χ1n) is 10.6. The molecule has 1 aliphatic heterocycles. The van der Waals surface area contributed by atoms with Crippen LogP contribution in [0.15, 0.2) is 42.5 Å². The van der Waals surface area contributed by atoms with Crippen LogP contribution in [0, 0.1) is 11.7 Å². The molecule has 0 radical (unpaired) electrons. The summed E-state index contributed by atoms with van der Waals surface area (Å²) in [5.41, 5.74) is 2.37. The Morgan fingerprint density at radius 2 is 2.16 bits per heavy atom. The van der Waals surface area contributed by atoms with E-state index in [2.05, 4.69) is 15.2 Å². The molecule has 0 saturated carbocycles. The summed E-state index contributed by atoms with van der Waals surface area (Å²) in [6.45, 7) is 3.42. The van der Waals surface area contributed by atoms with Crippen LogP contribution in [0.4, 0.5) is 10.2 Å². The van der Waals surface area contributed by atoms with Gasteiger partial charge in [0.1, 0.15) is 17.3 Å². The number of esters is 1. The number of ether oxygens (including phenoxy) is 1. The van der Waals surface area contributed by atoms with Crippen molar-refractivity contribution < 1.29 is 13.9 Å². The largest absolute Gasteiger partial charge is 0.466 e. The lowest BCUT2D eigenvalue weighted by Gasteiger charge is -2.33. The highest BCUT2D eigenvalue weighted by Gasteiger charge is 2.29. The molecule has 0 bridgehead atoms. The lowest BCUT2D eigenvalue weighted by Crippen LogP contribution is -2.40. The molecular formula is C23H21ClFN5O2. The maximum atomic E-state index is 13.9. The molecule has 1 saturated heterocycles. The number of piperidine rings is 1. The number of fused-ring (bicyclic) bond motifs is 3. The molecule has 0 spiro atoms. The zero-order chi connectivity index (χ0) is 22.2. The standard InChI is InChI=1S/C23H21ClFN5O2/c1-2-32-23(31)15-6-4-10-29(13-15)21-18-12-16(24)8-9-19(18)30-22(26-21)20(27-28-30)14-5-3-7-17(25)11-14/h3,5,7-9,11-12,15H,2,4,6,10,13H2,1H3/t15-/m1/s1. The van der Waals surface area contributed by atoms with E-state index in [1.165, 1.54) is 12.1 Å². The highest BCUT2D eigenvalue weighted by atomic mass is 35.5. The highest BCUT2D eigenvalue weighted by molar-refractivity contribution is 6.31. The lowest BCUT2D eigenvalue weighted by molar-refractivity contribution is -0.148. The van der Waals surface area contributed by atoms with Gasteiger partial charge < -0.3 is 9.64 Å². The van der Waals surface area contributed by atoms with Gasteiger partial charge in [0.2, 0.25) is 0 Å². The monoisotopic (exact) mass is 453 g/mol. The summed E-state index contributed by atoms with van der Waals surface area (Å²) in [5.74, 6) is -0.0672. The van der Waals surface area contributed by atoms with Crippen LogP contribution in [0.25, 0.3) is 27.8 Å². The molecule has 2 aromatic heterocycles. The van der Waals surface area contributed by atoms with Crippen molar-refractivity contribution in [2.75, 3.05) is 24.6 Å². The molecule has 32 heavy (non-hydrogen) atoms. The van der Waals surface area contributed by atoms with E-state index in [9.17, 15) is 9.18 Å². The van der Waals surface area contributed by atoms with E-state index in [1.54, 1.807) is 22.7 Å². The highest BCUT2D eigenvalue weighted by Crippen LogP contribution is 2.33. The number of nitrogens with zero attached hydrogens (tertiary/aromatic N) is 5. The van der Waals surface area contributed by atoms with Gasteiger partial charge in [-0.15, -0.1) is 5.10 Å². The van der Waals surface area contributed by atoms with Crippen LogP contribution >= 0.6 is 11.6 Å². The quantitative estimate of drug-likeness (QED) is 0.423. The number of carbonyl (C=O) groups is 1. The number of hydrogen-bond acceptors (Lipinski definition) is 6. The Balaban J connectivity index is 1.67. The fourth-order valence-corrected chi connectivity index (χ4v) is 4.43. The Morgan fingerprint density at radius 1 is 1.28 bits per heavy atom. The van der Waals surface area contributed by atoms with Gasteiger partial charge in [0, 0.05) is 29.1 Å². The van der Waals surface area contributed by atoms with E-state index < -0.39 is 0 Å². The molecule has 7 nitrogen and oxygen atoms in total. The summed E-state index contributed by atoms with van der Waals surface area (Å²) in [4.78, 5) is 19.4. The van der Waals surface area contributed by atoms with Crippen molar-refractivity contribution in [3.63, 3.8) is 0 Å². The zero-order valence-electron chi connectivity index (χ0n) is 17.5. The second kappa shape index (κ2) is 8.35. The number of benzene rings is 2. The fourth-order valence-electron chi connectivity index (χ4n) is 4.26. The van der Waals surface area contributed by atoms with Crippen molar-refractivity contribution in [1.29, 1.82) is 0 Å². The predicted molar refractivity (Wildman–Crippen MR) is 120 cm³/mol. The molecule has 3 heterocycles. The van der Waals surface area contributed by atoms with Gasteiger partial charge in [0.05, 0.1) is 18.0 Å². The fraction of sp³-hybridized carbons (Fsp3) is 0.304. The van der Waals surface area contributed by atoms with Crippen LogP contribution in [0.1, 0.15) is 19.8 Å². The Morgan fingerprint density at radius 3 is 2.97 bits per heavy atom. The van der Waals surface area contributed by atoms with Crippen molar-refractivity contribution >= 4 is 39.9 Å². The van der Waals surface area contributed by atoms with Crippen molar-refractivity contribution in [3.8, 4) is 11.3 Å². The summed E-state index contributed by atoms with van der Waals surface area (Å²) in [7, 11) is 0. The third-order valence-corrected chi connectivity index (χ3v) is 5.96. The maximum Gasteiger partial charge on any atom is 0.310 e. The van der Waals surface area contributed by atoms with Gasteiger partial charge in [-0.2, -0.15) is 4.52 Å². The number of rotatable bonds is 4. The van der Waals surface area contributed by atoms with E-state index in [0.717, 1.165) is 30.3 Å². The molecule has 0 amide bonds. The summed E-state index contributed by atoms with van der Waals surface area (Å²) in [6, 6.07) is 11.7. The summed E-state index contributed by atoms with van der Waals surface area (Å²) < 4.78 is 20.8. The SMILES string of the molecule is CCOC(=O)[C@@H]1CCCN(c2nc3c(-c4cccc(F)c4)nnn3c3ccc(Cl)cc23)C1. The Labute approximate surface area is 188 Å². The molecule has 1 aliphatic rings. The maximum absolute atomic E-state index is 13.9. The molecule has 0 N–H and O–H groups in total. The number of halogens is 2. The number of aromatic nitrogens is 4. The third kappa shape index (κ3) is 3.64. The van der Waals surface area contributed by atoms with Crippen LogP contribution in [-0.4, -0.2) is 45.5 Å².